The van der Waals surface area contributed by atoms with Gasteiger partial charge >= 0.3 is 6.03 Å². The van der Waals surface area contributed by atoms with Crippen molar-refractivity contribution in [1.82, 2.24) is 10.2 Å². The molecule has 4 nitrogen and oxygen atoms in total. The maximum absolute atomic E-state index is 12.5. The molecule has 2 unspecified atom stereocenters. The highest BCUT2D eigenvalue weighted by Gasteiger charge is 2.30. The fraction of sp³-hybridized carbons (Fsp3) is 0.588. The number of hydrogen-bond donors (Lipinski definition) is 1. The molecule has 0 radical (unpaired) electrons. The lowest BCUT2D eigenvalue weighted by atomic mass is 9.98. The summed E-state index contributed by atoms with van der Waals surface area (Å²) in [5.74, 6) is 0.696. The van der Waals surface area contributed by atoms with Gasteiger partial charge in [-0.15, -0.1) is 0 Å². The van der Waals surface area contributed by atoms with E-state index in [4.69, 9.17) is 0 Å². The van der Waals surface area contributed by atoms with E-state index in [0.717, 1.165) is 18.7 Å². The quantitative estimate of drug-likeness (QED) is 0.924. The van der Waals surface area contributed by atoms with E-state index in [-0.39, 0.29) is 6.03 Å². The molecule has 114 valence electrons. The Hall–Kier alpha value is -1.55. The second kappa shape index (κ2) is 6.06. The number of para-hydroxylation sites is 1. The summed E-state index contributed by atoms with van der Waals surface area (Å²) in [7, 11) is 3.94. The number of fused-ring (bicyclic) bond motifs is 1. The molecule has 0 saturated heterocycles. The Morgan fingerprint density at radius 1 is 1.29 bits per heavy atom. The van der Waals surface area contributed by atoms with Crippen molar-refractivity contribution >= 4 is 11.7 Å². The van der Waals surface area contributed by atoms with E-state index in [1.54, 1.807) is 0 Å². The fourth-order valence-corrected chi connectivity index (χ4v) is 3.81. The summed E-state index contributed by atoms with van der Waals surface area (Å²) in [5.41, 5.74) is 2.34. The Bertz CT molecular complexity index is 517. The number of nitrogens with one attached hydrogen (secondary N) is 1. The molecule has 3 rings (SSSR count). The van der Waals surface area contributed by atoms with E-state index in [1.807, 2.05) is 22.9 Å². The van der Waals surface area contributed by atoms with Crippen molar-refractivity contribution in [2.24, 2.45) is 5.92 Å². The van der Waals surface area contributed by atoms with Gasteiger partial charge in [0.2, 0.25) is 0 Å². The molecule has 1 aromatic rings. The third-order valence-electron chi connectivity index (χ3n) is 5.00. The first-order valence-electron chi connectivity index (χ1n) is 7.98. The molecular formula is C17H25N3O. The number of urea groups is 1. The molecule has 0 aromatic heterocycles. The molecule has 4 heteroatoms. The maximum atomic E-state index is 12.5. The van der Waals surface area contributed by atoms with Crippen LogP contribution in [0.25, 0.3) is 0 Å². The van der Waals surface area contributed by atoms with Crippen molar-refractivity contribution in [3.63, 3.8) is 0 Å². The molecule has 2 amide bonds. The Balaban J connectivity index is 1.73. The van der Waals surface area contributed by atoms with Gasteiger partial charge in [-0.05, 0) is 43.9 Å². The number of nitrogens with zero attached hydrogens (tertiary/aromatic N) is 2. The van der Waals surface area contributed by atoms with Crippen LogP contribution >= 0.6 is 0 Å². The zero-order valence-electron chi connectivity index (χ0n) is 13.0. The topological polar surface area (TPSA) is 35.6 Å². The summed E-state index contributed by atoms with van der Waals surface area (Å²) in [6.45, 7) is 1.54. The Kier molecular flexibility index (Phi) is 4.15. The predicted octanol–water partition coefficient (Wildman–Crippen LogP) is 2.84. The summed E-state index contributed by atoms with van der Waals surface area (Å²) < 4.78 is 0. The van der Waals surface area contributed by atoms with Crippen LogP contribution in [0.1, 0.15) is 31.2 Å². The minimum absolute atomic E-state index is 0.132. The fourth-order valence-electron chi connectivity index (χ4n) is 3.81. The van der Waals surface area contributed by atoms with E-state index in [0.29, 0.717) is 18.5 Å². The second-order valence-corrected chi connectivity index (χ2v) is 6.29. The van der Waals surface area contributed by atoms with Gasteiger partial charge in [-0.1, -0.05) is 24.6 Å². The molecule has 1 saturated carbocycles. The van der Waals surface area contributed by atoms with Gasteiger partial charge in [0.1, 0.15) is 0 Å². The van der Waals surface area contributed by atoms with Gasteiger partial charge in [0, 0.05) is 26.2 Å². The van der Waals surface area contributed by atoms with Gasteiger partial charge < -0.3 is 10.2 Å². The minimum atomic E-state index is 0.132. The van der Waals surface area contributed by atoms with Gasteiger partial charge in [0.05, 0.1) is 5.69 Å². The van der Waals surface area contributed by atoms with Crippen molar-refractivity contribution in [2.75, 3.05) is 25.5 Å². The summed E-state index contributed by atoms with van der Waals surface area (Å²) in [4.78, 5) is 16.3. The molecule has 0 bridgehead atoms. The highest BCUT2D eigenvalue weighted by Crippen LogP contribution is 2.32. The summed E-state index contributed by atoms with van der Waals surface area (Å²) in [5, 5.41) is 3.43. The number of hydrogen-bond acceptors (Lipinski definition) is 2. The first kappa shape index (κ1) is 14.4. The number of carbonyl (C=O) groups excluding carboxylic acids is 1. The van der Waals surface area contributed by atoms with Gasteiger partial charge in [-0.3, -0.25) is 4.90 Å². The highest BCUT2D eigenvalue weighted by atomic mass is 16.2. The summed E-state index contributed by atoms with van der Waals surface area (Å²) in [6.07, 6.45) is 4.94. The van der Waals surface area contributed by atoms with Crippen LogP contribution in [0.15, 0.2) is 24.3 Å². The number of benzene rings is 1. The zero-order chi connectivity index (χ0) is 14.8. The maximum Gasteiger partial charge on any atom is 0.324 e. The minimum Gasteiger partial charge on any atom is -0.323 e. The number of anilines is 1. The van der Waals surface area contributed by atoms with E-state index in [9.17, 15) is 4.79 Å². The lowest BCUT2D eigenvalue weighted by Gasteiger charge is -2.36. The van der Waals surface area contributed by atoms with Crippen molar-refractivity contribution in [2.45, 2.75) is 38.3 Å². The third kappa shape index (κ3) is 2.77. The summed E-state index contributed by atoms with van der Waals surface area (Å²) in [6, 6.07) is 9.03. The van der Waals surface area contributed by atoms with E-state index >= 15 is 0 Å². The average molecular weight is 287 g/mol. The summed E-state index contributed by atoms with van der Waals surface area (Å²) >= 11 is 0. The Morgan fingerprint density at radius 3 is 2.90 bits per heavy atom. The smallest absolute Gasteiger partial charge is 0.323 e. The third-order valence-corrected chi connectivity index (χ3v) is 5.00. The molecule has 2 aliphatic rings. The van der Waals surface area contributed by atoms with Gasteiger partial charge in [0.25, 0.3) is 0 Å². The molecule has 1 aromatic carbocycles. The molecule has 1 heterocycles. The van der Waals surface area contributed by atoms with Crippen molar-refractivity contribution in [1.29, 1.82) is 0 Å². The van der Waals surface area contributed by atoms with Crippen molar-refractivity contribution in [3.05, 3.63) is 29.8 Å². The molecule has 1 N–H and O–H groups in total. The Morgan fingerprint density at radius 2 is 2.10 bits per heavy atom. The SMILES string of the molecule is CNC1CCCC1CCN1C(=O)N(C)Cc2ccccc21. The molecule has 1 aliphatic carbocycles. The lowest BCUT2D eigenvalue weighted by Crippen LogP contribution is -2.46. The number of carbonyl (C=O) groups is 1. The predicted molar refractivity (Wildman–Crippen MR) is 85.5 cm³/mol. The first-order valence-corrected chi connectivity index (χ1v) is 7.98. The van der Waals surface area contributed by atoms with Crippen LogP contribution in [-0.2, 0) is 6.54 Å². The largest absolute Gasteiger partial charge is 0.324 e. The highest BCUT2D eigenvalue weighted by molar-refractivity contribution is 5.94. The van der Waals surface area contributed by atoms with Crippen LogP contribution in [0, 0.1) is 5.92 Å². The van der Waals surface area contributed by atoms with Gasteiger partial charge in [-0.2, -0.15) is 0 Å². The monoisotopic (exact) mass is 287 g/mol. The van der Waals surface area contributed by atoms with Gasteiger partial charge in [0.15, 0.2) is 0 Å². The number of amides is 2. The number of rotatable bonds is 4. The van der Waals surface area contributed by atoms with Crippen LogP contribution in [0.5, 0.6) is 0 Å². The molecule has 0 spiro atoms. The van der Waals surface area contributed by atoms with Crippen LogP contribution in [0.2, 0.25) is 0 Å². The van der Waals surface area contributed by atoms with Crippen LogP contribution in [0.4, 0.5) is 10.5 Å². The van der Waals surface area contributed by atoms with Crippen LogP contribution < -0.4 is 10.2 Å². The standard InChI is InChI=1S/C17H25N3O/c1-18-15-8-5-7-13(15)10-11-20-16-9-4-3-6-14(16)12-19(2)17(20)21/h3-4,6,9,13,15,18H,5,7-8,10-12H2,1-2H3. The van der Waals surface area contributed by atoms with E-state index in [2.05, 4.69) is 30.6 Å². The average Bonchev–Trinajstić information content (AvgIpc) is 2.95. The molecule has 1 aliphatic heterocycles. The van der Waals surface area contributed by atoms with Crippen molar-refractivity contribution < 1.29 is 4.79 Å². The lowest BCUT2D eigenvalue weighted by molar-refractivity contribution is 0.209. The molecule has 21 heavy (non-hydrogen) atoms. The van der Waals surface area contributed by atoms with Crippen LogP contribution in [-0.4, -0.2) is 37.6 Å². The Labute approximate surface area is 127 Å². The normalized spacial score (nSPS) is 25.3. The van der Waals surface area contributed by atoms with E-state index < -0.39 is 0 Å². The zero-order valence-corrected chi connectivity index (χ0v) is 13.0. The van der Waals surface area contributed by atoms with Crippen molar-refractivity contribution in [3.8, 4) is 0 Å². The van der Waals surface area contributed by atoms with Crippen LogP contribution in [0.3, 0.4) is 0 Å². The molecular weight excluding hydrogens is 262 g/mol. The molecule has 1 fully saturated rings. The van der Waals surface area contributed by atoms with Gasteiger partial charge in [-0.25, -0.2) is 4.79 Å². The second-order valence-electron chi connectivity index (χ2n) is 6.29. The first-order chi connectivity index (χ1) is 10.2. The molecule has 2 atom stereocenters. The van der Waals surface area contributed by atoms with E-state index in [1.165, 1.54) is 24.8 Å².